The lowest BCUT2D eigenvalue weighted by atomic mass is 10.1. The second kappa shape index (κ2) is 4.81. The SMILES string of the molecule is Cc1cc(C)cc(N(C)CC(N)C#N)c1. The molecule has 0 spiro atoms. The average molecular weight is 203 g/mol. The standard InChI is InChI=1S/C12H17N3/c1-9-4-10(2)6-12(5-9)15(3)8-11(14)7-13/h4-6,11H,8,14H2,1-3H3. The molecule has 0 bridgehead atoms. The highest BCUT2D eigenvalue weighted by Gasteiger charge is 2.06. The molecule has 0 radical (unpaired) electrons. The summed E-state index contributed by atoms with van der Waals surface area (Å²) in [5, 5.41) is 8.64. The van der Waals surface area contributed by atoms with Crippen LogP contribution >= 0.6 is 0 Å². The van der Waals surface area contributed by atoms with E-state index in [4.69, 9.17) is 11.0 Å². The van der Waals surface area contributed by atoms with Crippen molar-refractivity contribution in [2.45, 2.75) is 19.9 Å². The van der Waals surface area contributed by atoms with E-state index in [1.165, 1.54) is 11.1 Å². The van der Waals surface area contributed by atoms with Gasteiger partial charge in [-0.3, -0.25) is 0 Å². The third kappa shape index (κ3) is 3.26. The topological polar surface area (TPSA) is 53.0 Å². The summed E-state index contributed by atoms with van der Waals surface area (Å²) >= 11 is 0. The number of aryl methyl sites for hydroxylation is 2. The van der Waals surface area contributed by atoms with Gasteiger partial charge >= 0.3 is 0 Å². The highest BCUT2D eigenvalue weighted by molar-refractivity contribution is 5.50. The highest BCUT2D eigenvalue weighted by atomic mass is 15.1. The number of nitrogens with zero attached hydrogens (tertiary/aromatic N) is 2. The van der Waals surface area contributed by atoms with Crippen molar-refractivity contribution < 1.29 is 0 Å². The molecule has 0 aliphatic carbocycles. The molecule has 0 fully saturated rings. The summed E-state index contributed by atoms with van der Waals surface area (Å²) in [6.45, 7) is 4.68. The smallest absolute Gasteiger partial charge is 0.110 e. The fourth-order valence-electron chi connectivity index (χ4n) is 1.61. The van der Waals surface area contributed by atoms with Crippen molar-refractivity contribution in [1.82, 2.24) is 0 Å². The summed E-state index contributed by atoms with van der Waals surface area (Å²) in [7, 11) is 1.95. The van der Waals surface area contributed by atoms with E-state index in [1.807, 2.05) is 18.0 Å². The number of hydrogen-bond donors (Lipinski definition) is 1. The van der Waals surface area contributed by atoms with E-state index in [9.17, 15) is 0 Å². The van der Waals surface area contributed by atoms with Crippen LogP contribution in [0.3, 0.4) is 0 Å². The third-order valence-electron chi connectivity index (χ3n) is 2.28. The first-order valence-corrected chi connectivity index (χ1v) is 4.97. The van der Waals surface area contributed by atoms with E-state index in [-0.39, 0.29) is 0 Å². The fraction of sp³-hybridized carbons (Fsp3) is 0.417. The normalized spacial score (nSPS) is 11.9. The number of likely N-dealkylation sites (N-methyl/N-ethyl adjacent to an activating group) is 1. The van der Waals surface area contributed by atoms with E-state index in [2.05, 4.69) is 32.0 Å². The lowest BCUT2D eigenvalue weighted by Gasteiger charge is -2.21. The molecule has 1 aromatic rings. The summed E-state index contributed by atoms with van der Waals surface area (Å²) in [4.78, 5) is 2.01. The molecular formula is C12H17N3. The van der Waals surface area contributed by atoms with Gasteiger partial charge in [0.1, 0.15) is 6.04 Å². The molecule has 3 nitrogen and oxygen atoms in total. The van der Waals surface area contributed by atoms with Crippen molar-refractivity contribution in [3.63, 3.8) is 0 Å². The maximum Gasteiger partial charge on any atom is 0.110 e. The molecule has 3 heteroatoms. The van der Waals surface area contributed by atoms with Gasteiger partial charge < -0.3 is 10.6 Å². The van der Waals surface area contributed by atoms with E-state index in [1.54, 1.807) is 0 Å². The van der Waals surface area contributed by atoms with Crippen molar-refractivity contribution >= 4 is 5.69 Å². The Bertz CT molecular complexity index is 359. The second-order valence-corrected chi connectivity index (χ2v) is 3.96. The Morgan fingerprint density at radius 3 is 2.33 bits per heavy atom. The molecule has 1 unspecified atom stereocenters. The molecule has 0 heterocycles. The zero-order chi connectivity index (χ0) is 11.4. The van der Waals surface area contributed by atoms with Gasteiger partial charge in [0.2, 0.25) is 0 Å². The molecule has 1 aromatic carbocycles. The molecular weight excluding hydrogens is 186 g/mol. The van der Waals surface area contributed by atoms with Crippen LogP contribution in [0.15, 0.2) is 18.2 Å². The first-order valence-electron chi connectivity index (χ1n) is 4.97. The molecule has 80 valence electrons. The van der Waals surface area contributed by atoms with Gasteiger partial charge in [0.15, 0.2) is 0 Å². The summed E-state index contributed by atoms with van der Waals surface area (Å²) in [5.41, 5.74) is 9.14. The van der Waals surface area contributed by atoms with Crippen LogP contribution in [0.2, 0.25) is 0 Å². The van der Waals surface area contributed by atoms with Crippen molar-refractivity contribution in [3.05, 3.63) is 29.3 Å². The minimum Gasteiger partial charge on any atom is -0.372 e. The molecule has 0 aromatic heterocycles. The van der Waals surface area contributed by atoms with Gasteiger partial charge in [-0.2, -0.15) is 5.26 Å². The second-order valence-electron chi connectivity index (χ2n) is 3.96. The molecule has 0 aliphatic heterocycles. The first-order chi connectivity index (χ1) is 7.02. The number of nitriles is 1. The van der Waals surface area contributed by atoms with E-state index >= 15 is 0 Å². The Kier molecular flexibility index (Phi) is 3.70. The van der Waals surface area contributed by atoms with Gasteiger partial charge in [0, 0.05) is 19.3 Å². The average Bonchev–Trinajstić information content (AvgIpc) is 2.16. The number of anilines is 1. The Labute approximate surface area is 91.1 Å². The monoisotopic (exact) mass is 203 g/mol. The predicted molar refractivity (Wildman–Crippen MR) is 62.8 cm³/mol. The summed E-state index contributed by atoms with van der Waals surface area (Å²) in [5.74, 6) is 0. The van der Waals surface area contributed by atoms with Crippen molar-refractivity contribution in [1.29, 1.82) is 5.26 Å². The van der Waals surface area contributed by atoms with E-state index in [0.717, 1.165) is 5.69 Å². The molecule has 0 aliphatic rings. The minimum absolute atomic E-state index is 0.434. The zero-order valence-corrected chi connectivity index (χ0v) is 9.49. The number of nitrogens with two attached hydrogens (primary N) is 1. The first kappa shape index (κ1) is 11.5. The van der Waals surface area contributed by atoms with Crippen LogP contribution in [-0.4, -0.2) is 19.6 Å². The van der Waals surface area contributed by atoms with Gasteiger partial charge in [0.25, 0.3) is 0 Å². The Morgan fingerprint density at radius 1 is 1.33 bits per heavy atom. The maximum atomic E-state index is 8.64. The van der Waals surface area contributed by atoms with Crippen LogP contribution < -0.4 is 10.6 Å². The summed E-state index contributed by atoms with van der Waals surface area (Å²) in [6.07, 6.45) is 0. The Hall–Kier alpha value is -1.53. The zero-order valence-electron chi connectivity index (χ0n) is 9.49. The largest absolute Gasteiger partial charge is 0.372 e. The van der Waals surface area contributed by atoms with Crippen LogP contribution in [0.5, 0.6) is 0 Å². The molecule has 1 atom stereocenters. The lowest BCUT2D eigenvalue weighted by molar-refractivity contribution is 0.785. The molecule has 0 saturated heterocycles. The lowest BCUT2D eigenvalue weighted by Crippen LogP contribution is -2.34. The van der Waals surface area contributed by atoms with Gasteiger partial charge in [-0.05, 0) is 37.1 Å². The molecule has 0 saturated carbocycles. The Balaban J connectivity index is 2.82. The quantitative estimate of drug-likeness (QED) is 0.811. The van der Waals surface area contributed by atoms with Gasteiger partial charge in [-0.25, -0.2) is 0 Å². The van der Waals surface area contributed by atoms with Crippen LogP contribution in [0.25, 0.3) is 0 Å². The Morgan fingerprint density at radius 2 is 1.87 bits per heavy atom. The molecule has 0 amide bonds. The highest BCUT2D eigenvalue weighted by Crippen LogP contribution is 2.17. The molecule has 1 rings (SSSR count). The molecule has 2 N–H and O–H groups in total. The summed E-state index contributed by atoms with van der Waals surface area (Å²) < 4.78 is 0. The number of benzene rings is 1. The third-order valence-corrected chi connectivity index (χ3v) is 2.28. The fourth-order valence-corrected chi connectivity index (χ4v) is 1.61. The van der Waals surface area contributed by atoms with Crippen molar-refractivity contribution in [2.24, 2.45) is 5.73 Å². The molecule has 15 heavy (non-hydrogen) atoms. The van der Waals surface area contributed by atoms with Crippen LogP contribution in [0.1, 0.15) is 11.1 Å². The summed E-state index contributed by atoms with van der Waals surface area (Å²) in [6, 6.07) is 7.91. The van der Waals surface area contributed by atoms with Crippen LogP contribution in [0.4, 0.5) is 5.69 Å². The predicted octanol–water partition coefficient (Wildman–Crippen LogP) is 1.59. The number of rotatable bonds is 3. The van der Waals surface area contributed by atoms with E-state index in [0.29, 0.717) is 6.54 Å². The van der Waals surface area contributed by atoms with Crippen LogP contribution in [-0.2, 0) is 0 Å². The van der Waals surface area contributed by atoms with Gasteiger partial charge in [-0.1, -0.05) is 6.07 Å². The van der Waals surface area contributed by atoms with Crippen LogP contribution in [0, 0.1) is 25.2 Å². The van der Waals surface area contributed by atoms with Gasteiger partial charge in [0.05, 0.1) is 6.07 Å². The van der Waals surface area contributed by atoms with Crippen molar-refractivity contribution in [2.75, 3.05) is 18.5 Å². The van der Waals surface area contributed by atoms with E-state index < -0.39 is 6.04 Å². The van der Waals surface area contributed by atoms with Gasteiger partial charge in [-0.15, -0.1) is 0 Å². The maximum absolute atomic E-state index is 8.64. The number of hydrogen-bond acceptors (Lipinski definition) is 3. The van der Waals surface area contributed by atoms with Crippen molar-refractivity contribution in [3.8, 4) is 6.07 Å². The minimum atomic E-state index is -0.434.